The van der Waals surface area contributed by atoms with Crippen LogP contribution in [-0.2, 0) is 24.3 Å². The molecule has 0 bridgehead atoms. The fraction of sp³-hybridized carbons (Fsp3) is 0.161. The Morgan fingerprint density at radius 1 is 1.05 bits per heavy atom. The average molecular weight is 553 g/mol. The summed E-state index contributed by atoms with van der Waals surface area (Å²) in [6, 6.07) is 21.2. The molecule has 0 unspecified atom stereocenters. The van der Waals surface area contributed by atoms with E-state index in [4.69, 9.17) is 14.7 Å². The van der Waals surface area contributed by atoms with Crippen molar-refractivity contribution in [2.75, 3.05) is 13.7 Å². The van der Waals surface area contributed by atoms with Crippen molar-refractivity contribution in [2.24, 2.45) is 0 Å². The smallest absolute Gasteiger partial charge is 0.335 e. The van der Waals surface area contributed by atoms with Crippen LogP contribution in [0.4, 0.5) is 4.39 Å². The molecule has 0 radical (unpaired) electrons. The third-order valence-corrected chi connectivity index (χ3v) is 6.60. The summed E-state index contributed by atoms with van der Waals surface area (Å²) in [5.41, 5.74) is 3.86. The number of aromatic nitrogens is 3. The second-order valence-electron chi connectivity index (χ2n) is 9.27. The number of pyridine rings is 1. The molecule has 0 fully saturated rings. The van der Waals surface area contributed by atoms with E-state index in [1.807, 2.05) is 16.7 Å². The van der Waals surface area contributed by atoms with Crippen LogP contribution in [0, 0.1) is 17.1 Å². The molecule has 41 heavy (non-hydrogen) atoms. The molecule has 10 heteroatoms. The van der Waals surface area contributed by atoms with Gasteiger partial charge in [0.05, 0.1) is 40.5 Å². The Kier molecular flexibility index (Phi) is 7.90. The molecule has 0 aliphatic rings. The largest absolute Gasteiger partial charge is 0.508 e. The zero-order chi connectivity index (χ0) is 28.9. The number of rotatable bonds is 10. The van der Waals surface area contributed by atoms with Gasteiger partial charge in [-0.2, -0.15) is 5.26 Å². The van der Waals surface area contributed by atoms with Crippen LogP contribution in [0.15, 0.2) is 72.8 Å². The maximum atomic E-state index is 14.2. The van der Waals surface area contributed by atoms with Crippen molar-refractivity contribution < 1.29 is 28.9 Å². The summed E-state index contributed by atoms with van der Waals surface area (Å²) in [7, 11) is 1.59. The van der Waals surface area contributed by atoms with E-state index in [0.717, 1.165) is 6.07 Å². The van der Waals surface area contributed by atoms with Crippen LogP contribution in [0.25, 0.3) is 22.3 Å². The number of aromatic hydroxyl groups is 1. The third kappa shape index (κ3) is 6.00. The molecule has 3 aromatic carbocycles. The van der Waals surface area contributed by atoms with Gasteiger partial charge in [-0.25, -0.2) is 19.2 Å². The van der Waals surface area contributed by atoms with Gasteiger partial charge < -0.3 is 24.3 Å². The predicted molar refractivity (Wildman–Crippen MR) is 148 cm³/mol. The Bertz CT molecular complexity index is 1790. The number of benzene rings is 3. The second-order valence-corrected chi connectivity index (χ2v) is 9.27. The monoisotopic (exact) mass is 552 g/mol. The van der Waals surface area contributed by atoms with Gasteiger partial charge in [0.25, 0.3) is 0 Å². The number of nitrogens with zero attached hydrogens (tertiary/aromatic N) is 4. The molecule has 0 atom stereocenters. The lowest BCUT2D eigenvalue weighted by Gasteiger charge is -2.11. The molecule has 5 rings (SSSR count). The number of carbonyl (C=O) groups is 1. The minimum Gasteiger partial charge on any atom is -0.508 e. The number of carboxylic acid groups (broad SMARTS) is 1. The summed E-state index contributed by atoms with van der Waals surface area (Å²) in [6.45, 7) is 0.812. The van der Waals surface area contributed by atoms with E-state index in [0.29, 0.717) is 58.8 Å². The number of halogens is 1. The first-order valence-electron chi connectivity index (χ1n) is 12.7. The van der Waals surface area contributed by atoms with Gasteiger partial charge >= 0.3 is 5.97 Å². The number of aromatic carboxylic acids is 1. The first kappa shape index (κ1) is 27.3. The summed E-state index contributed by atoms with van der Waals surface area (Å²) in [6.07, 6.45) is 0.305. The van der Waals surface area contributed by atoms with Gasteiger partial charge in [-0.1, -0.05) is 24.3 Å². The number of ether oxygens (including phenoxy) is 2. The van der Waals surface area contributed by atoms with Gasteiger partial charge in [0.2, 0.25) is 5.88 Å². The van der Waals surface area contributed by atoms with Crippen molar-refractivity contribution >= 4 is 17.0 Å². The minimum absolute atomic E-state index is 0.0480. The molecule has 0 saturated carbocycles. The second kappa shape index (κ2) is 11.9. The van der Waals surface area contributed by atoms with Crippen LogP contribution < -0.4 is 4.74 Å². The van der Waals surface area contributed by atoms with E-state index in [1.165, 1.54) is 18.2 Å². The summed E-state index contributed by atoms with van der Waals surface area (Å²) >= 11 is 0. The summed E-state index contributed by atoms with van der Waals surface area (Å²) in [5.74, 6) is -0.565. The van der Waals surface area contributed by atoms with Gasteiger partial charge in [-0.15, -0.1) is 0 Å². The zero-order valence-corrected chi connectivity index (χ0v) is 22.0. The quantitative estimate of drug-likeness (QED) is 0.238. The lowest BCUT2D eigenvalue weighted by Crippen LogP contribution is -2.09. The molecule has 0 aliphatic carbocycles. The highest BCUT2D eigenvalue weighted by Gasteiger charge is 2.16. The van der Waals surface area contributed by atoms with Crippen molar-refractivity contribution in [2.45, 2.75) is 19.6 Å². The summed E-state index contributed by atoms with van der Waals surface area (Å²) < 4.78 is 27.0. The molecule has 9 nitrogen and oxygen atoms in total. The van der Waals surface area contributed by atoms with Crippen LogP contribution in [0.2, 0.25) is 0 Å². The predicted octanol–water partition coefficient (Wildman–Crippen LogP) is 5.33. The van der Waals surface area contributed by atoms with Crippen molar-refractivity contribution in [3.8, 4) is 29.0 Å². The van der Waals surface area contributed by atoms with E-state index in [-0.39, 0.29) is 29.4 Å². The molecule has 2 N–H and O–H groups in total. The normalized spacial score (nSPS) is 11.0. The number of phenolic OH excluding ortho intramolecular Hbond substituents is 1. The summed E-state index contributed by atoms with van der Waals surface area (Å²) in [4.78, 5) is 20.7. The third-order valence-electron chi connectivity index (χ3n) is 6.60. The first-order valence-corrected chi connectivity index (χ1v) is 12.7. The first-order chi connectivity index (χ1) is 19.9. The Balaban J connectivity index is 1.36. The Labute approximate surface area is 234 Å². The Morgan fingerprint density at radius 2 is 1.88 bits per heavy atom. The molecule has 0 spiro atoms. The number of carboxylic acids is 1. The SMILES string of the molecule is COCCn1c(Cc2ccc(-c3cccc(OCc4ccc(C#N)cc4F)n3)cc2O)nc2ccc(C(=O)O)cc21. The fourth-order valence-electron chi connectivity index (χ4n) is 4.46. The van der Waals surface area contributed by atoms with Crippen LogP contribution in [0.5, 0.6) is 11.6 Å². The highest BCUT2D eigenvalue weighted by molar-refractivity contribution is 5.92. The Hall–Kier alpha value is -5.27. The number of methoxy groups -OCH3 is 1. The van der Waals surface area contributed by atoms with Crippen molar-refractivity contribution in [3.05, 3.63) is 107 Å². The fourth-order valence-corrected chi connectivity index (χ4v) is 4.46. The van der Waals surface area contributed by atoms with E-state index in [1.54, 1.807) is 49.6 Å². The molecule has 5 aromatic rings. The van der Waals surface area contributed by atoms with E-state index in [2.05, 4.69) is 9.97 Å². The van der Waals surface area contributed by atoms with Gasteiger partial charge in [-0.05, 0) is 42.5 Å². The van der Waals surface area contributed by atoms with E-state index < -0.39 is 11.8 Å². The van der Waals surface area contributed by atoms with Gasteiger partial charge in [0.15, 0.2) is 0 Å². The molecule has 0 amide bonds. The van der Waals surface area contributed by atoms with Crippen molar-refractivity contribution in [3.63, 3.8) is 0 Å². The standard InChI is InChI=1S/C31H25FN4O5/c1-40-12-11-36-27-14-22(31(38)39)9-10-26(27)34-29(36)16-21-8-7-20(15-28(21)37)25-3-2-4-30(35-25)41-18-23-6-5-19(17-33)13-24(23)32/h2-10,13-15,37H,11-12,16,18H2,1H3,(H,38,39). The molecule has 2 heterocycles. The van der Waals surface area contributed by atoms with Crippen molar-refractivity contribution in [1.82, 2.24) is 14.5 Å². The number of hydrogen-bond acceptors (Lipinski definition) is 7. The Morgan fingerprint density at radius 3 is 2.61 bits per heavy atom. The average Bonchev–Trinajstić information content (AvgIpc) is 3.32. The molecular weight excluding hydrogens is 527 g/mol. The molecule has 2 aromatic heterocycles. The number of phenols is 1. The maximum absolute atomic E-state index is 14.2. The minimum atomic E-state index is -1.02. The topological polar surface area (TPSA) is 130 Å². The molecule has 206 valence electrons. The molecule has 0 aliphatic heterocycles. The van der Waals surface area contributed by atoms with Crippen molar-refractivity contribution in [1.29, 1.82) is 5.26 Å². The van der Waals surface area contributed by atoms with Crippen LogP contribution >= 0.6 is 0 Å². The van der Waals surface area contributed by atoms with Crippen LogP contribution in [0.3, 0.4) is 0 Å². The lowest BCUT2D eigenvalue weighted by atomic mass is 10.0. The maximum Gasteiger partial charge on any atom is 0.335 e. The number of hydrogen-bond donors (Lipinski definition) is 2. The van der Waals surface area contributed by atoms with Crippen LogP contribution in [0.1, 0.15) is 32.9 Å². The van der Waals surface area contributed by atoms with E-state index in [9.17, 15) is 19.4 Å². The number of nitriles is 1. The number of fused-ring (bicyclic) bond motifs is 1. The molecule has 0 saturated heterocycles. The number of imidazole rings is 1. The highest BCUT2D eigenvalue weighted by atomic mass is 19.1. The van der Waals surface area contributed by atoms with Gasteiger partial charge in [0.1, 0.15) is 24.0 Å². The molecular formula is C31H25FN4O5. The van der Waals surface area contributed by atoms with E-state index >= 15 is 0 Å². The highest BCUT2D eigenvalue weighted by Crippen LogP contribution is 2.29. The van der Waals surface area contributed by atoms with Crippen LogP contribution in [-0.4, -0.2) is 44.4 Å². The zero-order valence-electron chi connectivity index (χ0n) is 22.0. The van der Waals surface area contributed by atoms with Gasteiger partial charge in [-0.3, -0.25) is 0 Å². The lowest BCUT2D eigenvalue weighted by molar-refractivity contribution is 0.0697. The summed E-state index contributed by atoms with van der Waals surface area (Å²) in [5, 5.41) is 29.2. The van der Waals surface area contributed by atoms with Gasteiger partial charge in [0, 0.05) is 42.8 Å².